The molecule has 1 unspecified atom stereocenters. The van der Waals surface area contributed by atoms with Crippen molar-refractivity contribution in [1.82, 2.24) is 5.27 Å². The van der Waals surface area contributed by atoms with E-state index < -0.39 is 11.5 Å². The minimum atomic E-state index is -1.30. The van der Waals surface area contributed by atoms with Gasteiger partial charge in [0.1, 0.15) is 0 Å². The fraction of sp³-hybridized carbons (Fsp3) is 0.385. The second kappa shape index (κ2) is 4.42. The number of rotatable bonds is 3. The van der Waals surface area contributed by atoms with E-state index in [0.29, 0.717) is 5.69 Å². The Hall–Kier alpha value is -1.88. The molecule has 5 heteroatoms. The van der Waals surface area contributed by atoms with Crippen molar-refractivity contribution in [2.75, 3.05) is 0 Å². The Balaban J connectivity index is 2.59. The van der Waals surface area contributed by atoms with Crippen LogP contribution in [0, 0.1) is 5.92 Å². The zero-order chi connectivity index (χ0) is 13.3. The molecule has 0 saturated carbocycles. The Morgan fingerprint density at radius 1 is 1.33 bits per heavy atom. The largest absolute Gasteiger partial charge is 0.539 e. The molecule has 0 fully saturated rings. The molecule has 0 aliphatic carbocycles. The van der Waals surface area contributed by atoms with Gasteiger partial charge in [0.2, 0.25) is 5.69 Å². The van der Waals surface area contributed by atoms with Gasteiger partial charge in [-0.25, -0.2) is 0 Å². The van der Waals surface area contributed by atoms with Gasteiger partial charge in [0.25, 0.3) is 5.69 Å². The zero-order valence-electron chi connectivity index (χ0n) is 10.6. The Labute approximate surface area is 105 Å². The van der Waals surface area contributed by atoms with Crippen molar-refractivity contribution < 1.29 is 19.4 Å². The third-order valence-corrected chi connectivity index (χ3v) is 3.21. The van der Waals surface area contributed by atoms with Crippen LogP contribution in [0.4, 0.5) is 0 Å². The maximum atomic E-state index is 11.8. The summed E-state index contributed by atoms with van der Waals surface area (Å²) in [7, 11) is 0. The molecule has 0 amide bonds. The van der Waals surface area contributed by atoms with Crippen molar-refractivity contribution >= 4 is 0 Å². The van der Waals surface area contributed by atoms with Crippen molar-refractivity contribution in [3.63, 3.8) is 0 Å². The standard InChI is InChI=1S/C13H16N2O3/c1-9(2)13(3,17)11-12(16)18-14-15(11)10-7-5-4-6-8-10/h4-9,17H,1-3H3. The number of aromatic nitrogens is 2. The highest BCUT2D eigenvalue weighted by Gasteiger charge is 2.40. The number of aliphatic hydroxyl groups is 1. The molecule has 0 bridgehead atoms. The van der Waals surface area contributed by atoms with Crippen LogP contribution in [0.2, 0.25) is 0 Å². The molecule has 0 spiro atoms. The molecule has 5 nitrogen and oxygen atoms in total. The van der Waals surface area contributed by atoms with E-state index in [1.807, 2.05) is 32.0 Å². The lowest BCUT2D eigenvalue weighted by atomic mass is 9.89. The van der Waals surface area contributed by atoms with Gasteiger partial charge < -0.3 is 14.7 Å². The smallest absolute Gasteiger partial charge is 0.271 e. The highest BCUT2D eigenvalue weighted by Crippen LogP contribution is 2.31. The van der Waals surface area contributed by atoms with Gasteiger partial charge in [0, 0.05) is 12.1 Å². The highest BCUT2D eigenvalue weighted by molar-refractivity contribution is 5.24. The lowest BCUT2D eigenvalue weighted by Crippen LogP contribution is -2.46. The average molecular weight is 248 g/mol. The second-order valence-electron chi connectivity index (χ2n) is 4.76. The van der Waals surface area contributed by atoms with Gasteiger partial charge in [-0.3, -0.25) is 0 Å². The Bertz CT molecular complexity index is 532. The van der Waals surface area contributed by atoms with Gasteiger partial charge in [-0.15, -0.1) is 0 Å². The van der Waals surface area contributed by atoms with Crippen molar-refractivity contribution in [1.29, 1.82) is 0 Å². The molecule has 18 heavy (non-hydrogen) atoms. The van der Waals surface area contributed by atoms with E-state index in [2.05, 4.69) is 9.79 Å². The Kier molecular flexibility index (Phi) is 3.09. The van der Waals surface area contributed by atoms with Crippen molar-refractivity contribution in [3.8, 4) is 11.6 Å². The van der Waals surface area contributed by atoms with Gasteiger partial charge in [-0.2, -0.15) is 0 Å². The summed E-state index contributed by atoms with van der Waals surface area (Å²) in [5.41, 5.74) is -0.476. The van der Waals surface area contributed by atoms with Crippen molar-refractivity contribution in [2.24, 2.45) is 5.92 Å². The third-order valence-electron chi connectivity index (χ3n) is 3.21. The van der Waals surface area contributed by atoms with Crippen LogP contribution < -0.4 is 9.79 Å². The summed E-state index contributed by atoms with van der Waals surface area (Å²) in [5.74, 6) is -0.753. The number of benzene rings is 1. The predicted molar refractivity (Wildman–Crippen MR) is 61.9 cm³/mol. The summed E-state index contributed by atoms with van der Waals surface area (Å²) in [6, 6.07) is 9.11. The SMILES string of the molecule is CC(C)C(C)(O)c1c([O-])on[n+]1-c1ccccc1. The molecule has 1 aromatic heterocycles. The predicted octanol–water partition coefficient (Wildman–Crippen LogP) is 0.888. The molecule has 96 valence electrons. The van der Waals surface area contributed by atoms with Crippen LogP contribution in [-0.4, -0.2) is 10.4 Å². The lowest BCUT2D eigenvalue weighted by molar-refractivity contribution is -0.684. The first-order valence-electron chi connectivity index (χ1n) is 5.82. The number of para-hydroxylation sites is 1. The second-order valence-corrected chi connectivity index (χ2v) is 4.76. The molecule has 0 aliphatic rings. The van der Waals surface area contributed by atoms with Gasteiger partial charge in [0.15, 0.2) is 11.5 Å². The monoisotopic (exact) mass is 248 g/mol. The van der Waals surface area contributed by atoms with Gasteiger partial charge >= 0.3 is 0 Å². The minimum absolute atomic E-state index is 0.139. The summed E-state index contributed by atoms with van der Waals surface area (Å²) in [6.45, 7) is 5.26. The van der Waals surface area contributed by atoms with Crippen LogP contribution in [0.5, 0.6) is 5.95 Å². The first kappa shape index (κ1) is 12.6. The molecule has 1 atom stereocenters. The molecular weight excluding hydrogens is 232 g/mol. The molecule has 1 aromatic carbocycles. The van der Waals surface area contributed by atoms with E-state index in [1.54, 1.807) is 19.1 Å². The van der Waals surface area contributed by atoms with E-state index in [-0.39, 0.29) is 11.6 Å². The van der Waals surface area contributed by atoms with Crippen LogP contribution in [0.3, 0.4) is 0 Å². The molecule has 0 saturated heterocycles. The average Bonchev–Trinajstić information content (AvgIpc) is 2.72. The molecule has 2 rings (SSSR count). The van der Waals surface area contributed by atoms with Gasteiger partial charge in [0.05, 0.1) is 5.27 Å². The number of nitrogens with zero attached hydrogens (tertiary/aromatic N) is 2. The number of hydrogen-bond acceptors (Lipinski definition) is 4. The molecular formula is C13H16N2O3. The van der Waals surface area contributed by atoms with Gasteiger partial charge in [-0.1, -0.05) is 32.0 Å². The van der Waals surface area contributed by atoms with E-state index in [4.69, 9.17) is 0 Å². The maximum Gasteiger partial charge on any atom is 0.271 e. The molecule has 0 radical (unpaired) electrons. The van der Waals surface area contributed by atoms with Crippen LogP contribution >= 0.6 is 0 Å². The normalized spacial score (nSPS) is 14.7. The van der Waals surface area contributed by atoms with Crippen molar-refractivity contribution in [2.45, 2.75) is 26.4 Å². The quantitative estimate of drug-likeness (QED) is 0.819. The van der Waals surface area contributed by atoms with Crippen LogP contribution in [-0.2, 0) is 5.60 Å². The maximum absolute atomic E-state index is 11.8. The summed E-state index contributed by atoms with van der Waals surface area (Å²) < 4.78 is 6.03. The zero-order valence-corrected chi connectivity index (χ0v) is 10.6. The minimum Gasteiger partial charge on any atom is -0.539 e. The van der Waals surface area contributed by atoms with E-state index in [0.717, 1.165) is 0 Å². The fourth-order valence-electron chi connectivity index (χ4n) is 1.69. The lowest BCUT2D eigenvalue weighted by Gasteiger charge is -2.23. The summed E-state index contributed by atoms with van der Waals surface area (Å²) in [5, 5.41) is 25.9. The van der Waals surface area contributed by atoms with Crippen LogP contribution in [0.1, 0.15) is 26.5 Å². The van der Waals surface area contributed by atoms with E-state index in [9.17, 15) is 10.2 Å². The molecule has 0 aliphatic heterocycles. The van der Waals surface area contributed by atoms with Gasteiger partial charge in [-0.05, 0) is 17.5 Å². The Morgan fingerprint density at radius 2 is 1.94 bits per heavy atom. The van der Waals surface area contributed by atoms with E-state index >= 15 is 0 Å². The van der Waals surface area contributed by atoms with Crippen LogP contribution in [0.25, 0.3) is 5.69 Å². The Morgan fingerprint density at radius 3 is 2.50 bits per heavy atom. The first-order valence-corrected chi connectivity index (χ1v) is 5.82. The summed E-state index contributed by atoms with van der Waals surface area (Å²) >= 11 is 0. The van der Waals surface area contributed by atoms with E-state index in [1.165, 1.54) is 4.68 Å². The topological polar surface area (TPSA) is 73.2 Å². The first-order chi connectivity index (χ1) is 8.44. The van der Waals surface area contributed by atoms with Crippen molar-refractivity contribution in [3.05, 3.63) is 36.0 Å². The summed E-state index contributed by atoms with van der Waals surface area (Å²) in [6.07, 6.45) is 0. The molecule has 1 heterocycles. The third kappa shape index (κ3) is 1.97. The molecule has 1 N–H and O–H groups in total. The fourth-order valence-corrected chi connectivity index (χ4v) is 1.69. The summed E-state index contributed by atoms with van der Waals surface area (Å²) in [4.78, 5) is 0. The number of hydrogen-bond donors (Lipinski definition) is 1. The van der Waals surface area contributed by atoms with Crippen LogP contribution in [0.15, 0.2) is 34.9 Å². The molecule has 2 aromatic rings. The highest BCUT2D eigenvalue weighted by atomic mass is 16.6.